The molecule has 0 heterocycles. The molecule has 0 aromatic rings. The van der Waals surface area contributed by atoms with Gasteiger partial charge in [-0.15, -0.1) is 0 Å². The van der Waals surface area contributed by atoms with E-state index in [1.165, 1.54) is 25.2 Å². The zero-order valence-corrected chi connectivity index (χ0v) is 4.78. The van der Waals surface area contributed by atoms with Crippen LogP contribution in [0.15, 0.2) is 0 Å². The fourth-order valence-corrected chi connectivity index (χ4v) is 1.03. The zero-order chi connectivity index (χ0) is 5.28. The first-order valence-electron chi connectivity index (χ1n) is 2.88. The summed E-state index contributed by atoms with van der Waals surface area (Å²) < 4.78 is 0. The lowest BCUT2D eigenvalue weighted by Crippen LogP contribution is -2.20. The van der Waals surface area contributed by atoms with E-state index in [4.69, 9.17) is 5.73 Å². The van der Waals surface area contributed by atoms with Crippen molar-refractivity contribution >= 4 is 0 Å². The van der Waals surface area contributed by atoms with Crippen molar-refractivity contribution in [3.63, 3.8) is 0 Å². The van der Waals surface area contributed by atoms with Crippen LogP contribution in [0.1, 0.15) is 26.2 Å². The van der Waals surface area contributed by atoms with E-state index in [0.717, 1.165) is 0 Å². The average Bonchev–Trinajstić information content (AvgIpc) is 1.91. The second-order valence-corrected chi connectivity index (χ2v) is 2.35. The molecule has 0 aromatic carbocycles. The number of hydrogen-bond donors (Lipinski definition) is 1. The van der Waals surface area contributed by atoms with Crippen LogP contribution in [0.4, 0.5) is 0 Å². The molecular formula is C6H12N. The van der Waals surface area contributed by atoms with Gasteiger partial charge in [-0.25, -0.2) is 0 Å². The lowest BCUT2D eigenvalue weighted by Gasteiger charge is -2.04. The standard InChI is InChI=1S/C6H12N/c1-5-3-2-4-6(5)7/h6H,2-4,7H2,1H3. The quantitative estimate of drug-likeness (QED) is 0.482. The van der Waals surface area contributed by atoms with Gasteiger partial charge in [-0.3, -0.25) is 0 Å². The van der Waals surface area contributed by atoms with Gasteiger partial charge < -0.3 is 5.73 Å². The second kappa shape index (κ2) is 1.83. The monoisotopic (exact) mass is 98.1 g/mol. The first-order chi connectivity index (χ1) is 3.30. The van der Waals surface area contributed by atoms with Gasteiger partial charge >= 0.3 is 0 Å². The van der Waals surface area contributed by atoms with Gasteiger partial charge in [-0.1, -0.05) is 13.3 Å². The molecule has 0 aliphatic heterocycles. The van der Waals surface area contributed by atoms with Gasteiger partial charge in [-0.2, -0.15) is 0 Å². The normalized spacial score (nSPS) is 34.3. The van der Waals surface area contributed by atoms with E-state index in [2.05, 4.69) is 6.92 Å². The van der Waals surface area contributed by atoms with E-state index in [0.29, 0.717) is 6.04 Å². The third-order valence-electron chi connectivity index (χ3n) is 1.72. The summed E-state index contributed by atoms with van der Waals surface area (Å²) in [6.07, 6.45) is 3.79. The SMILES string of the molecule is C[C]1CCCC1N. The van der Waals surface area contributed by atoms with Gasteiger partial charge in [0.05, 0.1) is 0 Å². The summed E-state index contributed by atoms with van der Waals surface area (Å²) in [6, 6.07) is 0.431. The van der Waals surface area contributed by atoms with E-state index in [-0.39, 0.29) is 0 Å². The fraction of sp³-hybridized carbons (Fsp3) is 0.833. The fourth-order valence-electron chi connectivity index (χ4n) is 1.03. The summed E-state index contributed by atoms with van der Waals surface area (Å²) in [4.78, 5) is 0. The third-order valence-corrected chi connectivity index (χ3v) is 1.72. The van der Waals surface area contributed by atoms with E-state index in [1.807, 2.05) is 0 Å². The van der Waals surface area contributed by atoms with Crippen molar-refractivity contribution < 1.29 is 0 Å². The van der Waals surface area contributed by atoms with Crippen LogP contribution in [0.3, 0.4) is 0 Å². The molecule has 41 valence electrons. The summed E-state index contributed by atoms with van der Waals surface area (Å²) in [5.74, 6) is 1.49. The third kappa shape index (κ3) is 0.942. The van der Waals surface area contributed by atoms with E-state index in [9.17, 15) is 0 Å². The molecule has 2 N–H and O–H groups in total. The Morgan fingerprint density at radius 2 is 2.43 bits per heavy atom. The van der Waals surface area contributed by atoms with Crippen LogP contribution in [0.2, 0.25) is 0 Å². The van der Waals surface area contributed by atoms with E-state index < -0.39 is 0 Å². The molecule has 0 amide bonds. The predicted octanol–water partition coefficient (Wildman–Crippen LogP) is 1.09. The van der Waals surface area contributed by atoms with E-state index >= 15 is 0 Å². The van der Waals surface area contributed by atoms with Crippen LogP contribution in [-0.2, 0) is 0 Å². The molecule has 0 spiro atoms. The summed E-state index contributed by atoms with van der Waals surface area (Å²) >= 11 is 0. The van der Waals surface area contributed by atoms with Crippen LogP contribution in [0.5, 0.6) is 0 Å². The minimum absolute atomic E-state index is 0.431. The maximum Gasteiger partial charge on any atom is 0.00987 e. The number of nitrogens with two attached hydrogens (primary N) is 1. The molecule has 1 heteroatoms. The maximum absolute atomic E-state index is 5.64. The molecule has 1 aliphatic rings. The summed E-state index contributed by atoms with van der Waals surface area (Å²) in [6.45, 7) is 2.15. The summed E-state index contributed by atoms with van der Waals surface area (Å²) in [5.41, 5.74) is 5.64. The van der Waals surface area contributed by atoms with Crippen molar-refractivity contribution in [2.75, 3.05) is 0 Å². The molecule has 1 aliphatic carbocycles. The van der Waals surface area contributed by atoms with Gasteiger partial charge in [0.15, 0.2) is 0 Å². The van der Waals surface area contributed by atoms with Gasteiger partial charge in [-0.05, 0) is 18.8 Å². The molecule has 7 heavy (non-hydrogen) atoms. The van der Waals surface area contributed by atoms with Crippen molar-refractivity contribution in [2.45, 2.75) is 32.2 Å². The first-order valence-corrected chi connectivity index (χ1v) is 2.88. The molecular weight excluding hydrogens is 86.1 g/mol. The molecule has 1 fully saturated rings. The van der Waals surface area contributed by atoms with Crippen molar-refractivity contribution in [3.8, 4) is 0 Å². The number of hydrogen-bond acceptors (Lipinski definition) is 1. The highest BCUT2D eigenvalue weighted by Crippen LogP contribution is 2.24. The molecule has 0 saturated heterocycles. The highest BCUT2D eigenvalue weighted by molar-refractivity contribution is 5.00. The Balaban J connectivity index is 2.33. The topological polar surface area (TPSA) is 26.0 Å². The van der Waals surface area contributed by atoms with Crippen LogP contribution >= 0.6 is 0 Å². The van der Waals surface area contributed by atoms with Crippen LogP contribution < -0.4 is 5.73 Å². The maximum atomic E-state index is 5.64. The van der Waals surface area contributed by atoms with Gasteiger partial charge in [0.1, 0.15) is 0 Å². The zero-order valence-electron chi connectivity index (χ0n) is 4.78. The molecule has 1 saturated carbocycles. The van der Waals surface area contributed by atoms with Crippen molar-refractivity contribution in [1.29, 1.82) is 0 Å². The molecule has 0 bridgehead atoms. The number of rotatable bonds is 0. The molecule has 1 nitrogen and oxygen atoms in total. The Bertz CT molecular complexity index is 53.2. The highest BCUT2D eigenvalue weighted by atomic mass is 14.7. The Morgan fingerprint density at radius 3 is 2.57 bits per heavy atom. The Kier molecular flexibility index (Phi) is 1.33. The lowest BCUT2D eigenvalue weighted by atomic mass is 10.1. The first kappa shape index (κ1) is 5.10. The molecule has 1 radical (unpaired) electrons. The summed E-state index contributed by atoms with van der Waals surface area (Å²) in [5, 5.41) is 0. The Morgan fingerprint density at radius 1 is 1.71 bits per heavy atom. The largest absolute Gasteiger partial charge is 0.327 e. The van der Waals surface area contributed by atoms with E-state index in [1.54, 1.807) is 0 Å². The average molecular weight is 98.2 g/mol. The molecule has 0 aromatic heterocycles. The smallest absolute Gasteiger partial charge is 0.00987 e. The van der Waals surface area contributed by atoms with Gasteiger partial charge in [0, 0.05) is 6.04 Å². The molecule has 1 rings (SSSR count). The van der Waals surface area contributed by atoms with Crippen molar-refractivity contribution in [2.24, 2.45) is 5.73 Å². The Hall–Kier alpha value is -0.0400. The van der Waals surface area contributed by atoms with Crippen molar-refractivity contribution in [3.05, 3.63) is 5.92 Å². The van der Waals surface area contributed by atoms with Gasteiger partial charge in [0.25, 0.3) is 0 Å². The van der Waals surface area contributed by atoms with Gasteiger partial charge in [0.2, 0.25) is 0 Å². The molecule has 1 atom stereocenters. The highest BCUT2D eigenvalue weighted by Gasteiger charge is 2.18. The second-order valence-electron chi connectivity index (χ2n) is 2.35. The van der Waals surface area contributed by atoms with Crippen LogP contribution in [0, 0.1) is 5.92 Å². The van der Waals surface area contributed by atoms with Crippen molar-refractivity contribution in [1.82, 2.24) is 0 Å². The lowest BCUT2D eigenvalue weighted by molar-refractivity contribution is 0.732. The minimum atomic E-state index is 0.431. The van der Waals surface area contributed by atoms with Crippen LogP contribution in [0.25, 0.3) is 0 Å². The minimum Gasteiger partial charge on any atom is -0.327 e. The molecule has 1 unspecified atom stereocenters. The Labute approximate surface area is 44.9 Å². The van der Waals surface area contributed by atoms with Crippen LogP contribution in [-0.4, -0.2) is 6.04 Å². The predicted molar refractivity (Wildman–Crippen MR) is 30.7 cm³/mol. The summed E-state index contributed by atoms with van der Waals surface area (Å²) in [7, 11) is 0.